The summed E-state index contributed by atoms with van der Waals surface area (Å²) in [5.74, 6) is -0.179. The van der Waals surface area contributed by atoms with Gasteiger partial charge >= 0.3 is 0 Å². The lowest BCUT2D eigenvalue weighted by molar-refractivity contribution is -0.134. The lowest BCUT2D eigenvalue weighted by Crippen LogP contribution is -2.46. The number of aliphatic hydroxyl groups is 1. The van der Waals surface area contributed by atoms with Gasteiger partial charge in [0, 0.05) is 0 Å². The van der Waals surface area contributed by atoms with Crippen molar-refractivity contribution in [3.05, 3.63) is 47.0 Å². The van der Waals surface area contributed by atoms with Crippen LogP contribution in [0, 0.1) is 0 Å². The molecule has 0 radical (unpaired) electrons. The Morgan fingerprint density at radius 3 is 2.21 bits per heavy atom. The Bertz CT molecular complexity index is 417. The minimum Gasteiger partial charge on any atom is -0.373 e. The molecule has 0 amide bonds. The summed E-state index contributed by atoms with van der Waals surface area (Å²) >= 11 is 0. The van der Waals surface area contributed by atoms with Crippen LogP contribution in [0.3, 0.4) is 0 Å². The summed E-state index contributed by atoms with van der Waals surface area (Å²) in [6.07, 6.45) is 0. The van der Waals surface area contributed by atoms with Crippen LogP contribution >= 0.6 is 0 Å². The molecule has 0 aromatic heterocycles. The summed E-state index contributed by atoms with van der Waals surface area (Å²) in [5.41, 5.74) is 0.740. The maximum absolute atomic E-state index is 11.6. The predicted octanol–water partition coefficient (Wildman–Crippen LogP) is 1.79. The zero-order chi connectivity index (χ0) is 10.3. The highest BCUT2D eigenvalue weighted by molar-refractivity contribution is 6.12. The van der Waals surface area contributed by atoms with Gasteiger partial charge in [-0.15, -0.1) is 0 Å². The Labute approximate surface area is 82.9 Å². The van der Waals surface area contributed by atoms with Gasteiger partial charge in [0.05, 0.1) is 0 Å². The molecule has 1 unspecified atom stereocenters. The van der Waals surface area contributed by atoms with E-state index in [2.05, 4.69) is 0 Å². The van der Waals surface area contributed by atoms with Crippen molar-refractivity contribution >= 4 is 5.78 Å². The van der Waals surface area contributed by atoms with Crippen LogP contribution in [-0.2, 0) is 10.4 Å². The summed E-state index contributed by atoms with van der Waals surface area (Å²) in [5, 5.41) is 10.2. The van der Waals surface area contributed by atoms with Crippen molar-refractivity contribution in [2.24, 2.45) is 0 Å². The van der Waals surface area contributed by atoms with Crippen molar-refractivity contribution < 1.29 is 9.90 Å². The number of Topliss-reactive ketones (excluding diaryl/α,β-unsaturated/α-hetero) is 1. The van der Waals surface area contributed by atoms with Gasteiger partial charge in [-0.25, -0.2) is 0 Å². The molecule has 0 spiro atoms. The third-order valence-corrected chi connectivity index (χ3v) is 2.97. The zero-order valence-corrected chi connectivity index (χ0v) is 8.24. The van der Waals surface area contributed by atoms with E-state index in [1.54, 1.807) is 26.0 Å². The highest BCUT2D eigenvalue weighted by Crippen LogP contribution is 2.42. The molecule has 1 aromatic carbocycles. The first-order chi connectivity index (χ1) is 6.58. The van der Waals surface area contributed by atoms with Crippen LogP contribution in [0.1, 0.15) is 19.4 Å². The van der Waals surface area contributed by atoms with E-state index in [-0.39, 0.29) is 5.78 Å². The second-order valence-electron chi connectivity index (χ2n) is 3.66. The largest absolute Gasteiger partial charge is 0.373 e. The average Bonchev–Trinajstić information content (AvgIpc) is 2.27. The standard InChI is InChI=1S/C12H12O2/c1-8-9(2)12(14,11(8)13)10-6-4-3-5-7-10/h3-7,14H,1-2H3. The normalized spacial score (nSPS) is 26.4. The average molecular weight is 188 g/mol. The highest BCUT2D eigenvalue weighted by Gasteiger charge is 2.49. The number of ketones is 1. The van der Waals surface area contributed by atoms with E-state index in [1.165, 1.54) is 0 Å². The molecule has 14 heavy (non-hydrogen) atoms. The molecule has 2 heteroatoms. The molecule has 1 atom stereocenters. The molecule has 1 aliphatic rings. The van der Waals surface area contributed by atoms with E-state index in [9.17, 15) is 9.90 Å². The van der Waals surface area contributed by atoms with Gasteiger partial charge in [0.25, 0.3) is 0 Å². The molecule has 0 saturated heterocycles. The molecule has 0 heterocycles. The van der Waals surface area contributed by atoms with Crippen molar-refractivity contribution in [1.82, 2.24) is 0 Å². The molecule has 72 valence electrons. The quantitative estimate of drug-likeness (QED) is 0.729. The fourth-order valence-electron chi connectivity index (χ4n) is 1.85. The van der Waals surface area contributed by atoms with Gasteiger partial charge in [0.2, 0.25) is 0 Å². The summed E-state index contributed by atoms with van der Waals surface area (Å²) in [6, 6.07) is 9.05. The van der Waals surface area contributed by atoms with Gasteiger partial charge in [-0.1, -0.05) is 30.3 Å². The van der Waals surface area contributed by atoms with Crippen LogP contribution in [0.15, 0.2) is 41.5 Å². The van der Waals surface area contributed by atoms with E-state index in [0.29, 0.717) is 11.1 Å². The Morgan fingerprint density at radius 2 is 1.71 bits per heavy atom. The zero-order valence-electron chi connectivity index (χ0n) is 8.24. The van der Waals surface area contributed by atoms with Crippen LogP contribution in [0.25, 0.3) is 0 Å². The van der Waals surface area contributed by atoms with Crippen LogP contribution < -0.4 is 0 Å². The van der Waals surface area contributed by atoms with E-state index in [4.69, 9.17) is 0 Å². The van der Waals surface area contributed by atoms with Crippen LogP contribution in [0.5, 0.6) is 0 Å². The number of carbonyl (C=O) groups is 1. The van der Waals surface area contributed by atoms with E-state index >= 15 is 0 Å². The summed E-state index contributed by atoms with van der Waals surface area (Å²) < 4.78 is 0. The fourth-order valence-corrected chi connectivity index (χ4v) is 1.85. The van der Waals surface area contributed by atoms with Crippen molar-refractivity contribution in [1.29, 1.82) is 0 Å². The highest BCUT2D eigenvalue weighted by atomic mass is 16.3. The Balaban J connectivity index is 2.53. The molecule has 0 fully saturated rings. The maximum Gasteiger partial charge on any atom is 0.199 e. The van der Waals surface area contributed by atoms with Gasteiger partial charge in [-0.05, 0) is 30.6 Å². The minimum absolute atomic E-state index is 0.179. The Kier molecular flexibility index (Phi) is 1.82. The first kappa shape index (κ1) is 9.16. The number of rotatable bonds is 1. The third kappa shape index (κ3) is 0.917. The van der Waals surface area contributed by atoms with E-state index in [0.717, 1.165) is 5.57 Å². The lowest BCUT2D eigenvalue weighted by Gasteiger charge is -2.37. The van der Waals surface area contributed by atoms with Crippen molar-refractivity contribution in [3.8, 4) is 0 Å². The van der Waals surface area contributed by atoms with Gasteiger partial charge in [0.15, 0.2) is 11.4 Å². The molecule has 1 aromatic rings. The summed E-state index contributed by atoms with van der Waals surface area (Å²) in [6.45, 7) is 3.54. The number of benzene rings is 1. The first-order valence-electron chi connectivity index (χ1n) is 4.59. The minimum atomic E-state index is -1.36. The summed E-state index contributed by atoms with van der Waals surface area (Å²) in [4.78, 5) is 11.6. The van der Waals surface area contributed by atoms with E-state index < -0.39 is 5.60 Å². The van der Waals surface area contributed by atoms with Crippen LogP contribution in [0.4, 0.5) is 0 Å². The second-order valence-corrected chi connectivity index (χ2v) is 3.66. The van der Waals surface area contributed by atoms with Crippen molar-refractivity contribution in [2.45, 2.75) is 19.4 Å². The topological polar surface area (TPSA) is 37.3 Å². The fraction of sp³-hybridized carbons (Fsp3) is 0.250. The second kappa shape index (κ2) is 2.79. The number of hydrogen-bond acceptors (Lipinski definition) is 2. The van der Waals surface area contributed by atoms with Gasteiger partial charge < -0.3 is 5.11 Å². The Morgan fingerprint density at radius 1 is 1.14 bits per heavy atom. The number of carbonyl (C=O) groups excluding carboxylic acids is 1. The van der Waals surface area contributed by atoms with Gasteiger partial charge in [-0.3, -0.25) is 4.79 Å². The van der Waals surface area contributed by atoms with Crippen LogP contribution in [0.2, 0.25) is 0 Å². The molecule has 0 bridgehead atoms. The number of hydrogen-bond donors (Lipinski definition) is 1. The van der Waals surface area contributed by atoms with Crippen molar-refractivity contribution in [3.63, 3.8) is 0 Å². The van der Waals surface area contributed by atoms with Gasteiger partial charge in [-0.2, -0.15) is 0 Å². The molecule has 0 saturated carbocycles. The molecule has 2 rings (SSSR count). The van der Waals surface area contributed by atoms with E-state index in [1.807, 2.05) is 18.2 Å². The van der Waals surface area contributed by atoms with Gasteiger partial charge in [0.1, 0.15) is 0 Å². The predicted molar refractivity (Wildman–Crippen MR) is 53.7 cm³/mol. The molecular formula is C12H12O2. The van der Waals surface area contributed by atoms with Crippen LogP contribution in [-0.4, -0.2) is 10.9 Å². The summed E-state index contributed by atoms with van der Waals surface area (Å²) in [7, 11) is 0. The Hall–Kier alpha value is -1.41. The maximum atomic E-state index is 11.6. The molecular weight excluding hydrogens is 176 g/mol. The third-order valence-electron chi connectivity index (χ3n) is 2.97. The lowest BCUT2D eigenvalue weighted by atomic mass is 9.69. The monoisotopic (exact) mass is 188 g/mol. The molecule has 1 N–H and O–H groups in total. The molecule has 0 aliphatic heterocycles. The van der Waals surface area contributed by atoms with Crippen molar-refractivity contribution in [2.75, 3.05) is 0 Å². The first-order valence-corrected chi connectivity index (χ1v) is 4.59. The molecule has 1 aliphatic carbocycles. The smallest absolute Gasteiger partial charge is 0.199 e. The SMILES string of the molecule is CC1=C(C)C(O)(c2ccccc2)C1=O. The molecule has 2 nitrogen and oxygen atoms in total.